The first-order valence-corrected chi connectivity index (χ1v) is 7.80. The lowest BCUT2D eigenvalue weighted by Gasteiger charge is -2.05. The predicted molar refractivity (Wildman–Crippen MR) is 96.6 cm³/mol. The fourth-order valence-corrected chi connectivity index (χ4v) is 2.39. The molecule has 2 rings (SSSR count). The number of benzene rings is 2. The van der Waals surface area contributed by atoms with Gasteiger partial charge in [0.1, 0.15) is 11.6 Å². The van der Waals surface area contributed by atoms with Gasteiger partial charge in [0.15, 0.2) is 0 Å². The molecule has 0 radical (unpaired) electrons. The molecule has 0 aliphatic heterocycles. The van der Waals surface area contributed by atoms with Crippen LogP contribution in [0.5, 0.6) is 0 Å². The number of halogens is 1. The highest BCUT2D eigenvalue weighted by Crippen LogP contribution is 2.17. The molecule has 2 aromatic carbocycles. The van der Waals surface area contributed by atoms with E-state index in [9.17, 15) is 10.1 Å². The number of nitrogens with one attached hydrogen (secondary N) is 1. The van der Waals surface area contributed by atoms with Gasteiger partial charge in [-0.25, -0.2) is 0 Å². The van der Waals surface area contributed by atoms with Crippen LogP contribution in [-0.2, 0) is 4.79 Å². The number of nitrogens with zero attached hydrogens (tertiary/aromatic N) is 1. The summed E-state index contributed by atoms with van der Waals surface area (Å²) in [6.45, 7) is 1.86. The van der Waals surface area contributed by atoms with E-state index < -0.39 is 5.91 Å². The van der Waals surface area contributed by atoms with Crippen LogP contribution in [0.15, 0.2) is 76.3 Å². The third-order valence-corrected chi connectivity index (χ3v) is 3.51. The Labute approximate surface area is 144 Å². The van der Waals surface area contributed by atoms with Gasteiger partial charge in [-0.15, -0.1) is 0 Å². The molecule has 0 heterocycles. The summed E-state index contributed by atoms with van der Waals surface area (Å²) in [6, 6.07) is 18.9. The summed E-state index contributed by atoms with van der Waals surface area (Å²) in [5, 5.41) is 11.9. The first-order valence-electron chi connectivity index (χ1n) is 7.00. The maximum atomic E-state index is 12.2. The molecule has 0 unspecified atom stereocenters. The highest BCUT2D eigenvalue weighted by atomic mass is 79.9. The van der Waals surface area contributed by atoms with Gasteiger partial charge in [0.25, 0.3) is 5.91 Å². The van der Waals surface area contributed by atoms with Gasteiger partial charge in [-0.2, -0.15) is 5.26 Å². The van der Waals surface area contributed by atoms with E-state index in [2.05, 4.69) is 21.2 Å². The highest BCUT2D eigenvalue weighted by Gasteiger charge is 2.09. The van der Waals surface area contributed by atoms with Crippen molar-refractivity contribution in [3.05, 3.63) is 81.9 Å². The summed E-state index contributed by atoms with van der Waals surface area (Å²) in [5.74, 6) is -0.425. The van der Waals surface area contributed by atoms with Gasteiger partial charge in [-0.1, -0.05) is 58.4 Å². The number of hydrogen-bond donors (Lipinski definition) is 1. The minimum absolute atomic E-state index is 0.0645. The molecule has 0 fully saturated rings. The van der Waals surface area contributed by atoms with Gasteiger partial charge >= 0.3 is 0 Å². The molecule has 0 aliphatic carbocycles. The molecule has 1 N–H and O–H groups in total. The van der Waals surface area contributed by atoms with Crippen molar-refractivity contribution in [1.29, 1.82) is 5.26 Å². The number of carbonyl (C=O) groups excluding carboxylic acids is 1. The van der Waals surface area contributed by atoms with E-state index in [4.69, 9.17) is 0 Å². The SMILES string of the molecule is CC(/C=C(/C#N)C(=O)Nc1cccc(Br)c1)=C\c1ccccc1. The first kappa shape index (κ1) is 16.7. The van der Waals surface area contributed by atoms with Crippen molar-refractivity contribution in [3.63, 3.8) is 0 Å². The van der Waals surface area contributed by atoms with Gasteiger partial charge in [-0.05, 0) is 42.3 Å². The maximum Gasteiger partial charge on any atom is 0.266 e. The zero-order valence-electron chi connectivity index (χ0n) is 12.6. The van der Waals surface area contributed by atoms with Crippen molar-refractivity contribution >= 4 is 33.6 Å². The molecule has 0 atom stereocenters. The second kappa shape index (κ2) is 8.11. The predicted octanol–water partition coefficient (Wildman–Crippen LogP) is 4.94. The Bertz CT molecular complexity index is 802. The molecule has 1 amide bonds. The van der Waals surface area contributed by atoms with Crippen molar-refractivity contribution in [3.8, 4) is 6.07 Å². The second-order valence-corrected chi connectivity index (χ2v) is 5.85. The lowest BCUT2D eigenvalue weighted by atomic mass is 10.1. The van der Waals surface area contributed by atoms with Crippen molar-refractivity contribution in [2.24, 2.45) is 0 Å². The van der Waals surface area contributed by atoms with E-state index in [1.54, 1.807) is 18.2 Å². The summed E-state index contributed by atoms with van der Waals surface area (Å²) in [6.07, 6.45) is 3.50. The smallest absolute Gasteiger partial charge is 0.266 e. The van der Waals surface area contributed by atoms with Crippen molar-refractivity contribution in [2.45, 2.75) is 6.92 Å². The van der Waals surface area contributed by atoms with Gasteiger partial charge in [0.05, 0.1) is 0 Å². The summed E-state index contributed by atoms with van der Waals surface area (Å²) >= 11 is 3.34. The number of rotatable bonds is 4. The molecule has 3 nitrogen and oxygen atoms in total. The highest BCUT2D eigenvalue weighted by molar-refractivity contribution is 9.10. The van der Waals surface area contributed by atoms with Crippen LogP contribution in [0, 0.1) is 11.3 Å². The standard InChI is InChI=1S/C19H15BrN2O/c1-14(10-15-6-3-2-4-7-15)11-16(13-21)19(23)22-18-9-5-8-17(20)12-18/h2-12H,1H3,(H,22,23)/b14-10+,16-11-. The number of nitriles is 1. The number of allylic oxidation sites excluding steroid dienone is 2. The first-order chi connectivity index (χ1) is 11.1. The number of carbonyl (C=O) groups is 1. The van der Waals surface area contributed by atoms with Crippen molar-refractivity contribution in [1.82, 2.24) is 0 Å². The van der Waals surface area contributed by atoms with Gasteiger partial charge < -0.3 is 5.32 Å². The maximum absolute atomic E-state index is 12.2. The molecule has 0 aromatic heterocycles. The third-order valence-electron chi connectivity index (χ3n) is 3.01. The van der Waals surface area contributed by atoms with Crippen LogP contribution in [0.4, 0.5) is 5.69 Å². The summed E-state index contributed by atoms with van der Waals surface area (Å²) < 4.78 is 0.859. The van der Waals surface area contributed by atoms with Crippen LogP contribution in [0.2, 0.25) is 0 Å². The van der Waals surface area contributed by atoms with E-state index in [0.717, 1.165) is 15.6 Å². The van der Waals surface area contributed by atoms with E-state index in [1.807, 2.05) is 61.5 Å². The van der Waals surface area contributed by atoms with Crippen LogP contribution in [0.3, 0.4) is 0 Å². The van der Waals surface area contributed by atoms with E-state index >= 15 is 0 Å². The summed E-state index contributed by atoms with van der Waals surface area (Å²) in [7, 11) is 0. The lowest BCUT2D eigenvalue weighted by molar-refractivity contribution is -0.112. The average Bonchev–Trinajstić information content (AvgIpc) is 2.53. The average molecular weight is 367 g/mol. The molecule has 0 bridgehead atoms. The molecule has 0 aliphatic rings. The Morgan fingerprint density at radius 1 is 1.17 bits per heavy atom. The fourth-order valence-electron chi connectivity index (χ4n) is 1.99. The molecular formula is C19H15BrN2O. The van der Waals surface area contributed by atoms with Crippen LogP contribution < -0.4 is 5.32 Å². The Hall–Kier alpha value is -2.64. The molecule has 0 saturated heterocycles. The van der Waals surface area contributed by atoms with Crippen LogP contribution in [0.1, 0.15) is 12.5 Å². The molecule has 0 spiro atoms. The molecule has 4 heteroatoms. The van der Waals surface area contributed by atoms with Gasteiger partial charge in [0, 0.05) is 10.2 Å². The normalized spacial score (nSPS) is 11.7. The van der Waals surface area contributed by atoms with Crippen molar-refractivity contribution < 1.29 is 4.79 Å². The fraction of sp³-hybridized carbons (Fsp3) is 0.0526. The molecule has 0 saturated carbocycles. The van der Waals surface area contributed by atoms with E-state index in [1.165, 1.54) is 0 Å². The number of hydrogen-bond acceptors (Lipinski definition) is 2. The zero-order chi connectivity index (χ0) is 16.7. The van der Waals surface area contributed by atoms with E-state index in [0.29, 0.717) is 5.69 Å². The number of amides is 1. The van der Waals surface area contributed by atoms with Crippen LogP contribution in [0.25, 0.3) is 6.08 Å². The topological polar surface area (TPSA) is 52.9 Å². The van der Waals surface area contributed by atoms with Crippen LogP contribution >= 0.6 is 15.9 Å². The molecule has 114 valence electrons. The Morgan fingerprint density at radius 2 is 1.91 bits per heavy atom. The molecule has 23 heavy (non-hydrogen) atoms. The Kier molecular flexibility index (Phi) is 5.90. The Balaban J connectivity index is 2.16. The second-order valence-electron chi connectivity index (χ2n) is 4.93. The Morgan fingerprint density at radius 3 is 2.57 bits per heavy atom. The minimum atomic E-state index is -0.425. The monoisotopic (exact) mass is 366 g/mol. The third kappa shape index (κ3) is 5.24. The van der Waals surface area contributed by atoms with Gasteiger partial charge in [-0.3, -0.25) is 4.79 Å². The summed E-state index contributed by atoms with van der Waals surface area (Å²) in [5.41, 5.74) is 2.55. The lowest BCUT2D eigenvalue weighted by Crippen LogP contribution is -2.13. The summed E-state index contributed by atoms with van der Waals surface area (Å²) in [4.78, 5) is 12.2. The zero-order valence-corrected chi connectivity index (χ0v) is 14.2. The minimum Gasteiger partial charge on any atom is -0.321 e. The van der Waals surface area contributed by atoms with E-state index in [-0.39, 0.29) is 5.57 Å². The quantitative estimate of drug-likeness (QED) is 0.473. The van der Waals surface area contributed by atoms with Gasteiger partial charge in [0.2, 0.25) is 0 Å². The van der Waals surface area contributed by atoms with Crippen LogP contribution in [-0.4, -0.2) is 5.91 Å². The molecule has 2 aromatic rings. The largest absolute Gasteiger partial charge is 0.321 e. The molecular weight excluding hydrogens is 352 g/mol. The number of anilines is 1. The van der Waals surface area contributed by atoms with Crippen molar-refractivity contribution in [2.75, 3.05) is 5.32 Å².